The molecular formula is C24H19ClFN3O4. The molecule has 168 valence electrons. The van der Waals surface area contributed by atoms with Gasteiger partial charge in [-0.05, 0) is 48.5 Å². The normalized spacial score (nSPS) is 17.6. The van der Waals surface area contributed by atoms with Crippen molar-refractivity contribution in [3.8, 4) is 5.69 Å². The van der Waals surface area contributed by atoms with Gasteiger partial charge < -0.3 is 10.6 Å². The Kier molecular flexibility index (Phi) is 6.37. The van der Waals surface area contributed by atoms with Crippen molar-refractivity contribution in [2.75, 3.05) is 5.32 Å². The van der Waals surface area contributed by atoms with Gasteiger partial charge in [0.25, 0.3) is 11.5 Å². The molecule has 2 amide bonds. The highest BCUT2D eigenvalue weighted by Gasteiger charge is 2.39. The van der Waals surface area contributed by atoms with Crippen molar-refractivity contribution in [2.24, 2.45) is 5.92 Å². The van der Waals surface area contributed by atoms with Crippen molar-refractivity contribution in [1.29, 1.82) is 0 Å². The minimum atomic E-state index is -0.827. The molecule has 0 unspecified atom stereocenters. The van der Waals surface area contributed by atoms with E-state index in [4.69, 9.17) is 11.6 Å². The van der Waals surface area contributed by atoms with E-state index in [0.717, 1.165) is 6.07 Å². The molecule has 0 saturated heterocycles. The van der Waals surface area contributed by atoms with Gasteiger partial charge in [-0.1, -0.05) is 17.7 Å². The van der Waals surface area contributed by atoms with Crippen molar-refractivity contribution in [3.63, 3.8) is 0 Å². The van der Waals surface area contributed by atoms with Crippen molar-refractivity contribution in [3.05, 3.63) is 93.6 Å². The van der Waals surface area contributed by atoms with Gasteiger partial charge in [-0.15, -0.1) is 0 Å². The average Bonchev–Trinajstić information content (AvgIpc) is 3.15. The number of Topliss-reactive ketones (excluding diaryl/α,β-unsaturated/α-hetero) is 1. The first-order valence-corrected chi connectivity index (χ1v) is 10.6. The SMILES string of the molecule is O=C1C[C@H](NC(=O)c2ccc(-n3ccccc3=O)cc2F)[C@H](C(=O)Nc2ccc(Cl)cc2)C1. The topological polar surface area (TPSA) is 97.3 Å². The molecule has 2 N–H and O–H groups in total. The van der Waals surface area contributed by atoms with E-state index in [0.29, 0.717) is 10.7 Å². The Morgan fingerprint density at radius 2 is 1.76 bits per heavy atom. The maximum atomic E-state index is 14.7. The Hall–Kier alpha value is -3.78. The number of nitrogens with zero attached hydrogens (tertiary/aromatic N) is 1. The number of anilines is 1. The number of halogens is 2. The van der Waals surface area contributed by atoms with E-state index < -0.39 is 29.6 Å². The third-order valence-corrected chi connectivity index (χ3v) is 5.70. The van der Waals surface area contributed by atoms with Crippen LogP contribution in [0.2, 0.25) is 5.02 Å². The quantitative estimate of drug-likeness (QED) is 0.601. The Labute approximate surface area is 193 Å². The van der Waals surface area contributed by atoms with Gasteiger partial charge in [0.15, 0.2) is 0 Å². The molecule has 1 aromatic heterocycles. The van der Waals surface area contributed by atoms with Crippen molar-refractivity contribution >= 4 is 34.9 Å². The first-order chi connectivity index (χ1) is 15.8. The predicted molar refractivity (Wildman–Crippen MR) is 121 cm³/mol. The molecule has 0 radical (unpaired) electrons. The number of carbonyl (C=O) groups is 3. The number of hydrogen-bond donors (Lipinski definition) is 2. The molecule has 0 bridgehead atoms. The summed E-state index contributed by atoms with van der Waals surface area (Å²) in [6.07, 6.45) is 1.44. The minimum Gasteiger partial charge on any atom is -0.348 e. The molecule has 3 aromatic rings. The zero-order chi connectivity index (χ0) is 23.5. The molecule has 2 atom stereocenters. The first kappa shape index (κ1) is 22.4. The Morgan fingerprint density at radius 3 is 2.45 bits per heavy atom. The molecule has 1 fully saturated rings. The second-order valence-electron chi connectivity index (χ2n) is 7.70. The van der Waals surface area contributed by atoms with Crippen LogP contribution in [0.3, 0.4) is 0 Å². The van der Waals surface area contributed by atoms with Crippen LogP contribution in [0.15, 0.2) is 71.7 Å². The predicted octanol–water partition coefficient (Wildman–Crippen LogP) is 3.35. The summed E-state index contributed by atoms with van der Waals surface area (Å²) in [5.74, 6) is -2.96. The molecule has 1 heterocycles. The van der Waals surface area contributed by atoms with E-state index in [1.165, 1.54) is 29.0 Å². The van der Waals surface area contributed by atoms with Gasteiger partial charge in [0.05, 0.1) is 17.2 Å². The second kappa shape index (κ2) is 9.38. The number of carbonyl (C=O) groups excluding carboxylic acids is 3. The van der Waals surface area contributed by atoms with E-state index in [-0.39, 0.29) is 35.4 Å². The lowest BCUT2D eigenvalue weighted by Gasteiger charge is -2.20. The van der Waals surface area contributed by atoms with Gasteiger partial charge in [-0.3, -0.25) is 23.7 Å². The molecule has 1 saturated carbocycles. The largest absolute Gasteiger partial charge is 0.348 e. The molecule has 7 nitrogen and oxygen atoms in total. The van der Waals surface area contributed by atoms with E-state index in [1.807, 2.05) is 0 Å². The molecular weight excluding hydrogens is 449 g/mol. The number of rotatable bonds is 5. The van der Waals surface area contributed by atoms with Gasteiger partial charge in [0, 0.05) is 41.9 Å². The van der Waals surface area contributed by atoms with Gasteiger partial charge in [0.2, 0.25) is 5.91 Å². The standard InChI is InChI=1S/C24H19ClFN3O4/c25-14-4-6-15(7-5-14)27-24(33)19-12-17(30)13-21(19)28-23(32)18-9-8-16(11-20(18)26)29-10-2-1-3-22(29)31/h1-11,19,21H,12-13H2,(H,27,33)(H,28,32)/t19-,21+/m1/s1. The third kappa shape index (κ3) is 5.01. The number of amides is 2. The fraction of sp³-hybridized carbons (Fsp3) is 0.167. The molecule has 33 heavy (non-hydrogen) atoms. The van der Waals surface area contributed by atoms with Crippen LogP contribution in [0.1, 0.15) is 23.2 Å². The van der Waals surface area contributed by atoms with E-state index in [2.05, 4.69) is 10.6 Å². The smallest absolute Gasteiger partial charge is 0.255 e. The van der Waals surface area contributed by atoms with Crippen molar-refractivity contribution in [1.82, 2.24) is 9.88 Å². The van der Waals surface area contributed by atoms with Crippen LogP contribution in [-0.2, 0) is 9.59 Å². The zero-order valence-corrected chi connectivity index (χ0v) is 18.0. The fourth-order valence-electron chi connectivity index (χ4n) is 3.78. The third-order valence-electron chi connectivity index (χ3n) is 5.44. The Morgan fingerprint density at radius 1 is 1.00 bits per heavy atom. The molecule has 0 spiro atoms. The van der Waals surface area contributed by atoms with Crippen LogP contribution >= 0.6 is 11.6 Å². The van der Waals surface area contributed by atoms with Crippen LogP contribution in [0, 0.1) is 11.7 Å². The molecule has 1 aliphatic carbocycles. The highest BCUT2D eigenvalue weighted by atomic mass is 35.5. The van der Waals surface area contributed by atoms with Crippen LogP contribution in [-0.4, -0.2) is 28.2 Å². The molecule has 4 rings (SSSR count). The molecule has 2 aromatic carbocycles. The van der Waals surface area contributed by atoms with Crippen molar-refractivity contribution in [2.45, 2.75) is 18.9 Å². The van der Waals surface area contributed by atoms with Gasteiger partial charge in [-0.25, -0.2) is 4.39 Å². The summed E-state index contributed by atoms with van der Waals surface area (Å²) < 4.78 is 16.0. The van der Waals surface area contributed by atoms with Crippen molar-refractivity contribution < 1.29 is 18.8 Å². The van der Waals surface area contributed by atoms with Gasteiger partial charge in [-0.2, -0.15) is 0 Å². The lowest BCUT2D eigenvalue weighted by Crippen LogP contribution is -2.42. The molecule has 1 aliphatic rings. The minimum absolute atomic E-state index is 0.0242. The van der Waals surface area contributed by atoms with Gasteiger partial charge in [0.1, 0.15) is 11.6 Å². The highest BCUT2D eigenvalue weighted by Crippen LogP contribution is 2.26. The summed E-state index contributed by atoms with van der Waals surface area (Å²) in [5, 5.41) is 5.84. The van der Waals surface area contributed by atoms with Crippen LogP contribution < -0.4 is 16.2 Å². The van der Waals surface area contributed by atoms with Crippen LogP contribution in [0.5, 0.6) is 0 Å². The summed E-state index contributed by atoms with van der Waals surface area (Å²) in [6, 6.07) is 14.0. The number of pyridine rings is 1. The summed E-state index contributed by atoms with van der Waals surface area (Å²) in [7, 11) is 0. The van der Waals surface area contributed by atoms with E-state index >= 15 is 0 Å². The summed E-state index contributed by atoms with van der Waals surface area (Å²) in [6.45, 7) is 0. The number of benzene rings is 2. The average molecular weight is 468 g/mol. The number of ketones is 1. The molecule has 0 aliphatic heterocycles. The summed E-state index contributed by atoms with van der Waals surface area (Å²) in [4.78, 5) is 49.4. The second-order valence-corrected chi connectivity index (χ2v) is 8.14. The number of nitrogens with one attached hydrogen (secondary N) is 2. The zero-order valence-electron chi connectivity index (χ0n) is 17.3. The number of aromatic nitrogens is 1. The maximum Gasteiger partial charge on any atom is 0.255 e. The maximum absolute atomic E-state index is 14.7. The summed E-state index contributed by atoms with van der Waals surface area (Å²) >= 11 is 5.85. The first-order valence-electron chi connectivity index (χ1n) is 10.2. The van der Waals surface area contributed by atoms with Gasteiger partial charge >= 0.3 is 0 Å². The monoisotopic (exact) mass is 467 g/mol. The number of hydrogen-bond acceptors (Lipinski definition) is 4. The highest BCUT2D eigenvalue weighted by molar-refractivity contribution is 6.30. The fourth-order valence-corrected chi connectivity index (χ4v) is 3.90. The van der Waals surface area contributed by atoms with E-state index in [1.54, 1.807) is 36.4 Å². The Bertz CT molecular complexity index is 1290. The Balaban J connectivity index is 1.49. The van der Waals surface area contributed by atoms with E-state index in [9.17, 15) is 23.6 Å². The lowest BCUT2D eigenvalue weighted by atomic mass is 10.0. The molecule has 9 heteroatoms. The lowest BCUT2D eigenvalue weighted by molar-refractivity contribution is -0.122. The van der Waals surface area contributed by atoms with Crippen LogP contribution in [0.25, 0.3) is 5.69 Å². The summed E-state index contributed by atoms with van der Waals surface area (Å²) in [5.41, 5.74) is 0.185. The van der Waals surface area contributed by atoms with Crippen LogP contribution in [0.4, 0.5) is 10.1 Å².